The molecule has 0 aliphatic rings. The van der Waals surface area contributed by atoms with Crippen LogP contribution in [-0.2, 0) is 11.2 Å². The molecule has 3 aromatic rings. The van der Waals surface area contributed by atoms with Crippen LogP contribution in [0.2, 0.25) is 0 Å². The van der Waals surface area contributed by atoms with Crippen LogP contribution in [0.15, 0.2) is 65.2 Å². The molecule has 2 aromatic carbocycles. The van der Waals surface area contributed by atoms with Gasteiger partial charge in [-0.1, -0.05) is 53.7 Å². The zero-order valence-electron chi connectivity index (χ0n) is 11.9. The van der Waals surface area contributed by atoms with Crippen molar-refractivity contribution in [3.8, 4) is 11.4 Å². The van der Waals surface area contributed by atoms with Crippen LogP contribution in [0.4, 0.5) is 5.69 Å². The number of carbonyl (C=O) groups is 1. The van der Waals surface area contributed by atoms with Gasteiger partial charge in [0.15, 0.2) is 0 Å². The van der Waals surface area contributed by atoms with Gasteiger partial charge in [0.25, 0.3) is 0 Å². The van der Waals surface area contributed by atoms with Gasteiger partial charge in [-0.25, -0.2) is 0 Å². The van der Waals surface area contributed by atoms with E-state index in [1.165, 1.54) is 0 Å². The van der Waals surface area contributed by atoms with Crippen LogP contribution >= 0.6 is 0 Å². The van der Waals surface area contributed by atoms with Gasteiger partial charge in [-0.2, -0.15) is 4.98 Å². The van der Waals surface area contributed by atoms with Crippen molar-refractivity contribution in [3.63, 3.8) is 0 Å². The molecule has 0 fully saturated rings. The summed E-state index contributed by atoms with van der Waals surface area (Å²) in [7, 11) is 0. The maximum absolute atomic E-state index is 11.9. The molecule has 1 amide bonds. The molecule has 3 rings (SSSR count). The largest absolute Gasteiger partial charge is 0.339 e. The van der Waals surface area contributed by atoms with Crippen molar-refractivity contribution in [1.29, 1.82) is 0 Å². The quantitative estimate of drug-likeness (QED) is 0.783. The normalized spacial score (nSPS) is 10.4. The van der Waals surface area contributed by atoms with Crippen molar-refractivity contribution in [2.24, 2.45) is 0 Å². The molecular formula is C17H15N3O2. The van der Waals surface area contributed by atoms with E-state index in [1.807, 2.05) is 60.7 Å². The number of aryl methyl sites for hydroxylation is 1. The van der Waals surface area contributed by atoms with E-state index in [9.17, 15) is 4.79 Å². The molecule has 0 saturated carbocycles. The molecule has 110 valence electrons. The molecular weight excluding hydrogens is 278 g/mol. The highest BCUT2D eigenvalue weighted by molar-refractivity contribution is 5.90. The summed E-state index contributed by atoms with van der Waals surface area (Å²) < 4.78 is 5.18. The number of nitrogens with zero attached hydrogens (tertiary/aromatic N) is 2. The monoisotopic (exact) mass is 293 g/mol. The fourth-order valence-electron chi connectivity index (χ4n) is 2.03. The van der Waals surface area contributed by atoms with Gasteiger partial charge in [-0.15, -0.1) is 0 Å². The Labute approximate surface area is 128 Å². The van der Waals surface area contributed by atoms with Crippen LogP contribution in [0.3, 0.4) is 0 Å². The van der Waals surface area contributed by atoms with Crippen molar-refractivity contribution in [1.82, 2.24) is 10.1 Å². The summed E-state index contributed by atoms with van der Waals surface area (Å²) in [4.78, 5) is 16.2. The highest BCUT2D eigenvalue weighted by atomic mass is 16.5. The molecule has 1 heterocycles. The molecule has 0 saturated heterocycles. The van der Waals surface area contributed by atoms with E-state index in [0.29, 0.717) is 24.6 Å². The number of para-hydroxylation sites is 1. The number of amides is 1. The summed E-state index contributed by atoms with van der Waals surface area (Å²) in [6.45, 7) is 0. The Bertz CT molecular complexity index is 739. The Morgan fingerprint density at radius 2 is 1.68 bits per heavy atom. The Morgan fingerprint density at radius 1 is 1.00 bits per heavy atom. The lowest BCUT2D eigenvalue weighted by molar-refractivity contribution is -0.116. The first kappa shape index (κ1) is 14.0. The second-order valence-corrected chi connectivity index (χ2v) is 4.79. The number of hydrogen-bond donors (Lipinski definition) is 1. The molecule has 5 heteroatoms. The highest BCUT2D eigenvalue weighted by Gasteiger charge is 2.10. The molecule has 5 nitrogen and oxygen atoms in total. The molecule has 0 atom stereocenters. The zero-order valence-corrected chi connectivity index (χ0v) is 11.9. The van der Waals surface area contributed by atoms with Gasteiger partial charge in [-0.3, -0.25) is 4.79 Å². The van der Waals surface area contributed by atoms with E-state index in [1.54, 1.807) is 0 Å². The van der Waals surface area contributed by atoms with Crippen LogP contribution in [0.5, 0.6) is 0 Å². The SMILES string of the molecule is O=C(CCc1nc(-c2ccccc2)no1)Nc1ccccc1. The lowest BCUT2D eigenvalue weighted by atomic mass is 10.2. The van der Waals surface area contributed by atoms with E-state index in [2.05, 4.69) is 15.5 Å². The molecule has 1 N–H and O–H groups in total. The maximum Gasteiger partial charge on any atom is 0.227 e. The second kappa shape index (κ2) is 6.67. The number of nitrogens with one attached hydrogen (secondary N) is 1. The average molecular weight is 293 g/mol. The first-order valence-electron chi connectivity index (χ1n) is 7.04. The summed E-state index contributed by atoms with van der Waals surface area (Å²) in [5.41, 5.74) is 1.68. The molecule has 22 heavy (non-hydrogen) atoms. The first-order valence-corrected chi connectivity index (χ1v) is 7.04. The molecule has 0 unspecified atom stereocenters. The number of anilines is 1. The Balaban J connectivity index is 1.56. The lowest BCUT2D eigenvalue weighted by Crippen LogP contribution is -2.12. The van der Waals surface area contributed by atoms with Gasteiger partial charge in [0, 0.05) is 24.1 Å². The molecule has 0 bridgehead atoms. The summed E-state index contributed by atoms with van der Waals surface area (Å²) in [6, 6.07) is 18.9. The van der Waals surface area contributed by atoms with Gasteiger partial charge < -0.3 is 9.84 Å². The minimum absolute atomic E-state index is 0.0781. The first-order chi connectivity index (χ1) is 10.8. The third kappa shape index (κ3) is 3.58. The van der Waals surface area contributed by atoms with Gasteiger partial charge in [0.1, 0.15) is 0 Å². The predicted octanol–water partition coefficient (Wildman–Crippen LogP) is 3.31. The number of rotatable bonds is 5. The smallest absolute Gasteiger partial charge is 0.227 e. The van der Waals surface area contributed by atoms with Crippen LogP contribution in [0.1, 0.15) is 12.3 Å². The van der Waals surface area contributed by atoms with Gasteiger partial charge in [0.05, 0.1) is 0 Å². The van der Waals surface area contributed by atoms with Crippen LogP contribution < -0.4 is 5.32 Å². The number of benzene rings is 2. The second-order valence-electron chi connectivity index (χ2n) is 4.79. The fourth-order valence-corrected chi connectivity index (χ4v) is 2.03. The summed E-state index contributed by atoms with van der Waals surface area (Å²) >= 11 is 0. The van der Waals surface area contributed by atoms with Crippen LogP contribution in [0, 0.1) is 0 Å². The predicted molar refractivity (Wildman–Crippen MR) is 83.1 cm³/mol. The third-order valence-electron chi connectivity index (χ3n) is 3.12. The Hall–Kier alpha value is -2.95. The van der Waals surface area contributed by atoms with Crippen LogP contribution in [0.25, 0.3) is 11.4 Å². The summed E-state index contributed by atoms with van der Waals surface area (Å²) in [5.74, 6) is 0.923. The Kier molecular flexibility index (Phi) is 4.25. The summed E-state index contributed by atoms with van der Waals surface area (Å²) in [6.07, 6.45) is 0.712. The van der Waals surface area contributed by atoms with E-state index in [-0.39, 0.29) is 5.91 Å². The van der Waals surface area contributed by atoms with Gasteiger partial charge >= 0.3 is 0 Å². The Morgan fingerprint density at radius 3 is 2.41 bits per heavy atom. The summed E-state index contributed by atoms with van der Waals surface area (Å²) in [5, 5.41) is 6.75. The van der Waals surface area contributed by atoms with Crippen LogP contribution in [-0.4, -0.2) is 16.0 Å². The molecule has 0 radical (unpaired) electrons. The number of hydrogen-bond acceptors (Lipinski definition) is 4. The molecule has 1 aromatic heterocycles. The van der Waals surface area contributed by atoms with Crippen molar-refractivity contribution in [3.05, 3.63) is 66.6 Å². The zero-order chi connectivity index (χ0) is 15.2. The van der Waals surface area contributed by atoms with Crippen molar-refractivity contribution in [2.75, 3.05) is 5.32 Å². The molecule has 0 spiro atoms. The van der Waals surface area contributed by atoms with E-state index in [4.69, 9.17) is 4.52 Å². The minimum Gasteiger partial charge on any atom is -0.339 e. The van der Waals surface area contributed by atoms with Gasteiger partial charge in [-0.05, 0) is 12.1 Å². The van der Waals surface area contributed by atoms with E-state index >= 15 is 0 Å². The topological polar surface area (TPSA) is 68.0 Å². The number of aromatic nitrogens is 2. The van der Waals surface area contributed by atoms with Gasteiger partial charge in [0.2, 0.25) is 17.6 Å². The highest BCUT2D eigenvalue weighted by Crippen LogP contribution is 2.15. The standard InChI is InChI=1S/C17H15N3O2/c21-15(18-14-9-5-2-6-10-14)11-12-16-19-17(20-22-16)13-7-3-1-4-8-13/h1-10H,11-12H2,(H,18,21). The fraction of sp³-hybridized carbons (Fsp3) is 0.118. The maximum atomic E-state index is 11.9. The van der Waals surface area contributed by atoms with E-state index < -0.39 is 0 Å². The van der Waals surface area contributed by atoms with Crippen molar-refractivity contribution in [2.45, 2.75) is 12.8 Å². The van der Waals surface area contributed by atoms with Crippen molar-refractivity contribution >= 4 is 11.6 Å². The number of carbonyl (C=O) groups excluding carboxylic acids is 1. The molecule has 0 aliphatic carbocycles. The molecule has 0 aliphatic heterocycles. The lowest BCUT2D eigenvalue weighted by Gasteiger charge is -2.02. The third-order valence-corrected chi connectivity index (χ3v) is 3.12. The van der Waals surface area contributed by atoms with Crippen molar-refractivity contribution < 1.29 is 9.32 Å². The average Bonchev–Trinajstić information content (AvgIpc) is 3.04. The minimum atomic E-state index is -0.0781. The van der Waals surface area contributed by atoms with E-state index in [0.717, 1.165) is 11.3 Å².